The standard InChI is InChI=1S/C48H92O6/c1-6-7-8-9-10-11-12-13-14-15-16-17-18-19-22-28-33-38-46(49)52-41-45(42-53-47(50)39-34-29-25-24-27-32-37-44(4)5)54-48(51)40-35-30-23-20-21-26-31-36-43(2)3/h43-45H,6-42H2,1-5H3/t45-/m1/s1. The molecule has 6 nitrogen and oxygen atoms in total. The Morgan fingerprint density at radius 1 is 0.352 bits per heavy atom. The van der Waals surface area contributed by atoms with Gasteiger partial charge in [-0.1, -0.05) is 221 Å². The number of carbonyl (C=O) groups is 3. The highest BCUT2D eigenvalue weighted by Crippen LogP contribution is 2.17. The summed E-state index contributed by atoms with van der Waals surface area (Å²) in [5.41, 5.74) is 0. The molecule has 320 valence electrons. The summed E-state index contributed by atoms with van der Waals surface area (Å²) in [7, 11) is 0. The van der Waals surface area contributed by atoms with Crippen LogP contribution in [0.15, 0.2) is 0 Å². The van der Waals surface area contributed by atoms with Gasteiger partial charge in [0.2, 0.25) is 0 Å². The fourth-order valence-electron chi connectivity index (χ4n) is 7.11. The van der Waals surface area contributed by atoms with Crippen LogP contribution in [0.3, 0.4) is 0 Å². The summed E-state index contributed by atoms with van der Waals surface area (Å²) in [5, 5.41) is 0. The van der Waals surface area contributed by atoms with Gasteiger partial charge in [-0.3, -0.25) is 14.4 Å². The molecule has 0 amide bonds. The van der Waals surface area contributed by atoms with E-state index in [0.717, 1.165) is 69.6 Å². The van der Waals surface area contributed by atoms with Crippen LogP contribution in [0.25, 0.3) is 0 Å². The maximum Gasteiger partial charge on any atom is 0.306 e. The van der Waals surface area contributed by atoms with Gasteiger partial charge in [-0.15, -0.1) is 0 Å². The molecule has 0 heterocycles. The quantitative estimate of drug-likeness (QED) is 0.0350. The summed E-state index contributed by atoms with van der Waals surface area (Å²) >= 11 is 0. The van der Waals surface area contributed by atoms with Crippen molar-refractivity contribution in [1.82, 2.24) is 0 Å². The zero-order valence-corrected chi connectivity index (χ0v) is 36.8. The van der Waals surface area contributed by atoms with E-state index in [1.807, 2.05) is 0 Å². The van der Waals surface area contributed by atoms with Crippen LogP contribution in [-0.2, 0) is 28.6 Å². The van der Waals surface area contributed by atoms with Gasteiger partial charge in [0.1, 0.15) is 13.2 Å². The van der Waals surface area contributed by atoms with E-state index in [4.69, 9.17) is 14.2 Å². The zero-order valence-electron chi connectivity index (χ0n) is 36.8. The molecule has 54 heavy (non-hydrogen) atoms. The average molecular weight is 765 g/mol. The second-order valence-electron chi connectivity index (χ2n) is 17.3. The minimum Gasteiger partial charge on any atom is -0.462 e. The molecule has 0 spiro atoms. The van der Waals surface area contributed by atoms with E-state index in [2.05, 4.69) is 34.6 Å². The van der Waals surface area contributed by atoms with Gasteiger partial charge in [0.05, 0.1) is 0 Å². The number of carbonyl (C=O) groups excluding carboxylic acids is 3. The summed E-state index contributed by atoms with van der Waals surface area (Å²) in [6, 6.07) is 0. The van der Waals surface area contributed by atoms with Crippen molar-refractivity contribution >= 4 is 17.9 Å². The minimum absolute atomic E-state index is 0.0659. The van der Waals surface area contributed by atoms with Crippen molar-refractivity contribution in [2.75, 3.05) is 13.2 Å². The summed E-state index contributed by atoms with van der Waals surface area (Å²) in [5.74, 6) is 0.678. The Balaban J connectivity index is 4.24. The molecule has 6 heteroatoms. The second-order valence-corrected chi connectivity index (χ2v) is 17.3. The zero-order chi connectivity index (χ0) is 39.7. The second kappa shape index (κ2) is 41.1. The first kappa shape index (κ1) is 52.4. The first-order valence-electron chi connectivity index (χ1n) is 23.7. The van der Waals surface area contributed by atoms with E-state index in [0.29, 0.717) is 19.3 Å². The van der Waals surface area contributed by atoms with Crippen molar-refractivity contribution in [2.24, 2.45) is 11.8 Å². The van der Waals surface area contributed by atoms with Crippen molar-refractivity contribution in [3.05, 3.63) is 0 Å². The van der Waals surface area contributed by atoms with Gasteiger partial charge >= 0.3 is 17.9 Å². The number of ether oxygens (including phenoxy) is 3. The van der Waals surface area contributed by atoms with Crippen molar-refractivity contribution in [3.63, 3.8) is 0 Å². The van der Waals surface area contributed by atoms with Crippen LogP contribution in [-0.4, -0.2) is 37.2 Å². The Hall–Kier alpha value is -1.59. The van der Waals surface area contributed by atoms with Gasteiger partial charge in [-0.25, -0.2) is 0 Å². The van der Waals surface area contributed by atoms with Crippen LogP contribution in [0.1, 0.15) is 259 Å². The molecule has 0 aromatic carbocycles. The summed E-state index contributed by atoms with van der Waals surface area (Å²) in [6.45, 7) is 11.2. The van der Waals surface area contributed by atoms with E-state index in [1.165, 1.54) is 148 Å². The number of esters is 3. The fraction of sp³-hybridized carbons (Fsp3) is 0.938. The molecule has 0 aliphatic rings. The lowest BCUT2D eigenvalue weighted by Gasteiger charge is -2.18. The average Bonchev–Trinajstić information content (AvgIpc) is 3.14. The fourth-order valence-corrected chi connectivity index (χ4v) is 7.11. The molecule has 0 saturated heterocycles. The predicted molar refractivity (Wildman–Crippen MR) is 229 cm³/mol. The Morgan fingerprint density at radius 3 is 0.907 bits per heavy atom. The Labute approximate surface area is 336 Å². The van der Waals surface area contributed by atoms with Gasteiger partial charge in [0.25, 0.3) is 0 Å². The summed E-state index contributed by atoms with van der Waals surface area (Å²) in [4.78, 5) is 37.7. The Bertz CT molecular complexity index is 824. The van der Waals surface area contributed by atoms with Crippen LogP contribution in [0.2, 0.25) is 0 Å². The molecule has 0 aliphatic heterocycles. The minimum atomic E-state index is -0.761. The van der Waals surface area contributed by atoms with Crippen LogP contribution in [0.4, 0.5) is 0 Å². The van der Waals surface area contributed by atoms with Gasteiger partial charge in [-0.05, 0) is 31.1 Å². The maximum absolute atomic E-state index is 12.7. The lowest BCUT2D eigenvalue weighted by Crippen LogP contribution is -2.30. The number of rotatable bonds is 42. The molecule has 0 aromatic rings. The summed E-state index contributed by atoms with van der Waals surface area (Å²) in [6.07, 6.45) is 39.7. The molecule has 0 rings (SSSR count). The van der Waals surface area contributed by atoms with Crippen molar-refractivity contribution < 1.29 is 28.6 Å². The number of hydrogen-bond donors (Lipinski definition) is 0. The molecule has 0 unspecified atom stereocenters. The largest absolute Gasteiger partial charge is 0.462 e. The molecule has 0 aromatic heterocycles. The molecule has 0 fully saturated rings. The molecule has 0 bridgehead atoms. The molecule has 1 atom stereocenters. The first-order chi connectivity index (χ1) is 26.2. The van der Waals surface area contributed by atoms with Gasteiger partial charge in [-0.2, -0.15) is 0 Å². The van der Waals surface area contributed by atoms with Crippen LogP contribution in [0, 0.1) is 11.8 Å². The molecule has 0 saturated carbocycles. The van der Waals surface area contributed by atoms with Crippen molar-refractivity contribution in [3.8, 4) is 0 Å². The third-order valence-electron chi connectivity index (χ3n) is 10.7. The van der Waals surface area contributed by atoms with Crippen LogP contribution in [0.5, 0.6) is 0 Å². The Morgan fingerprint density at radius 2 is 0.611 bits per heavy atom. The van der Waals surface area contributed by atoms with Crippen LogP contribution >= 0.6 is 0 Å². The highest BCUT2D eigenvalue weighted by atomic mass is 16.6. The number of hydrogen-bond acceptors (Lipinski definition) is 6. The highest BCUT2D eigenvalue weighted by Gasteiger charge is 2.19. The van der Waals surface area contributed by atoms with Crippen molar-refractivity contribution in [2.45, 2.75) is 265 Å². The normalized spacial score (nSPS) is 12.1. The lowest BCUT2D eigenvalue weighted by molar-refractivity contribution is -0.167. The van der Waals surface area contributed by atoms with Crippen molar-refractivity contribution in [1.29, 1.82) is 0 Å². The molecular formula is C48H92O6. The van der Waals surface area contributed by atoms with E-state index >= 15 is 0 Å². The summed E-state index contributed by atoms with van der Waals surface area (Å²) < 4.78 is 16.7. The molecular weight excluding hydrogens is 673 g/mol. The smallest absolute Gasteiger partial charge is 0.306 e. The Kier molecular flexibility index (Phi) is 39.8. The number of unbranched alkanes of at least 4 members (excludes halogenated alkanes) is 27. The third-order valence-corrected chi connectivity index (χ3v) is 10.7. The van der Waals surface area contributed by atoms with E-state index in [9.17, 15) is 14.4 Å². The monoisotopic (exact) mass is 765 g/mol. The van der Waals surface area contributed by atoms with E-state index < -0.39 is 6.10 Å². The van der Waals surface area contributed by atoms with E-state index in [1.54, 1.807) is 0 Å². The molecule has 0 aliphatic carbocycles. The predicted octanol–water partition coefficient (Wildman–Crippen LogP) is 15.0. The van der Waals surface area contributed by atoms with E-state index in [-0.39, 0.29) is 31.1 Å². The van der Waals surface area contributed by atoms with Crippen LogP contribution < -0.4 is 0 Å². The lowest BCUT2D eigenvalue weighted by atomic mass is 10.0. The van der Waals surface area contributed by atoms with Gasteiger partial charge in [0, 0.05) is 19.3 Å². The molecule has 0 N–H and O–H groups in total. The first-order valence-corrected chi connectivity index (χ1v) is 23.7. The third kappa shape index (κ3) is 41.6. The highest BCUT2D eigenvalue weighted by molar-refractivity contribution is 5.71. The van der Waals surface area contributed by atoms with Gasteiger partial charge in [0.15, 0.2) is 6.10 Å². The maximum atomic E-state index is 12.7. The topological polar surface area (TPSA) is 78.9 Å². The van der Waals surface area contributed by atoms with Gasteiger partial charge < -0.3 is 14.2 Å². The SMILES string of the molecule is CCCCCCCCCCCCCCCCCCCC(=O)OC[C@H](COC(=O)CCCCCCCCC(C)C)OC(=O)CCCCCCCCCC(C)C. The molecule has 0 radical (unpaired) electrons.